The average molecular weight is 371 g/mol. The van der Waals surface area contributed by atoms with Gasteiger partial charge in [0.1, 0.15) is 0 Å². The molecule has 0 atom stereocenters. The van der Waals surface area contributed by atoms with Crippen LogP contribution in [-0.4, -0.2) is 13.1 Å². The highest BCUT2D eigenvalue weighted by atomic mass is 32.2. The Morgan fingerprint density at radius 3 is 2.00 bits per heavy atom. The normalized spacial score (nSPS) is 13.2. The molecule has 136 valence electrons. The molecule has 1 rings (SSSR count). The van der Waals surface area contributed by atoms with Crippen molar-refractivity contribution in [1.82, 2.24) is 5.32 Å². The van der Waals surface area contributed by atoms with Crippen LogP contribution in [0.5, 0.6) is 0 Å². The number of halogens is 6. The minimum atomic E-state index is -4.82. The van der Waals surface area contributed by atoms with Crippen LogP contribution in [0.1, 0.15) is 31.4 Å². The third-order valence-corrected chi connectivity index (χ3v) is 3.86. The first-order valence-electron chi connectivity index (χ1n) is 7.32. The first-order chi connectivity index (χ1) is 11.0. The van der Waals surface area contributed by atoms with Crippen LogP contribution in [0.4, 0.5) is 26.3 Å². The molecule has 0 aromatic heterocycles. The molecule has 8 heteroatoms. The van der Waals surface area contributed by atoms with Crippen LogP contribution in [-0.2, 0) is 12.4 Å². The lowest BCUT2D eigenvalue weighted by molar-refractivity contribution is -0.143. The number of hydrogen-bond acceptors (Lipinski definition) is 2. The molecule has 0 amide bonds. The molecule has 0 unspecified atom stereocenters. The van der Waals surface area contributed by atoms with E-state index >= 15 is 0 Å². The number of hydrogen-bond donors (Lipinski definition) is 1. The van der Waals surface area contributed by atoms with Crippen LogP contribution in [0.15, 0.2) is 34.6 Å². The van der Waals surface area contributed by atoms with Crippen molar-refractivity contribution in [3.63, 3.8) is 0 Å². The van der Waals surface area contributed by atoms with E-state index < -0.39 is 23.5 Å². The maximum Gasteiger partial charge on any atom is 0.416 e. The second-order valence-corrected chi connectivity index (χ2v) is 6.60. The minimum Gasteiger partial charge on any atom is -0.313 e. The summed E-state index contributed by atoms with van der Waals surface area (Å²) in [4.78, 5) is -0.101. The lowest BCUT2D eigenvalue weighted by Gasteiger charge is -2.13. The van der Waals surface area contributed by atoms with Crippen LogP contribution < -0.4 is 5.32 Å². The van der Waals surface area contributed by atoms with E-state index in [1.807, 2.05) is 0 Å². The van der Waals surface area contributed by atoms with Gasteiger partial charge in [-0.05, 0) is 42.5 Å². The smallest absolute Gasteiger partial charge is 0.313 e. The molecular weight excluding hydrogens is 352 g/mol. The van der Waals surface area contributed by atoms with E-state index in [1.165, 1.54) is 5.41 Å². The summed E-state index contributed by atoms with van der Waals surface area (Å²) in [5.74, 6) is 0.557. The number of benzene rings is 1. The first-order valence-corrected chi connectivity index (χ1v) is 8.20. The summed E-state index contributed by atoms with van der Waals surface area (Å²) < 4.78 is 76.3. The van der Waals surface area contributed by atoms with Gasteiger partial charge in [-0.15, -0.1) is 0 Å². The SMILES string of the molecule is CC(C)CCNC/C=C/Sc1cc(C(F)(F)F)cc(C(F)(F)F)c1. The Labute approximate surface area is 141 Å². The molecule has 0 aliphatic carbocycles. The summed E-state index contributed by atoms with van der Waals surface area (Å²) in [6.45, 7) is 5.47. The second kappa shape index (κ2) is 8.80. The van der Waals surface area contributed by atoms with Gasteiger partial charge in [0.05, 0.1) is 11.1 Å². The van der Waals surface area contributed by atoms with E-state index in [4.69, 9.17) is 0 Å². The third kappa shape index (κ3) is 7.61. The molecule has 0 bridgehead atoms. The maximum absolute atomic E-state index is 12.7. The molecule has 0 saturated carbocycles. The van der Waals surface area contributed by atoms with Gasteiger partial charge in [-0.2, -0.15) is 26.3 Å². The summed E-state index contributed by atoms with van der Waals surface area (Å²) in [5, 5.41) is 4.60. The molecule has 0 fully saturated rings. The van der Waals surface area contributed by atoms with Gasteiger partial charge in [0, 0.05) is 11.4 Å². The zero-order valence-electron chi connectivity index (χ0n) is 13.3. The zero-order chi connectivity index (χ0) is 18.4. The summed E-state index contributed by atoms with van der Waals surface area (Å²) in [6, 6.07) is 1.56. The Kier molecular flexibility index (Phi) is 7.66. The summed E-state index contributed by atoms with van der Waals surface area (Å²) >= 11 is 0.825. The Bertz CT molecular complexity index is 516. The standard InChI is InChI=1S/C16H19F6NS/c1-11(2)4-6-23-5-3-7-24-14-9-12(15(17,18)19)8-13(10-14)16(20,21)22/h3,7-11,23H,4-6H2,1-2H3/b7-3+. The first kappa shape index (κ1) is 20.9. The largest absolute Gasteiger partial charge is 0.416 e. The van der Waals surface area contributed by atoms with Crippen LogP contribution in [0, 0.1) is 5.92 Å². The topological polar surface area (TPSA) is 12.0 Å². The van der Waals surface area contributed by atoms with E-state index in [-0.39, 0.29) is 11.0 Å². The predicted molar refractivity (Wildman–Crippen MR) is 83.8 cm³/mol. The molecule has 0 saturated heterocycles. The van der Waals surface area contributed by atoms with Crippen molar-refractivity contribution in [1.29, 1.82) is 0 Å². The van der Waals surface area contributed by atoms with Gasteiger partial charge in [0.2, 0.25) is 0 Å². The molecule has 1 aromatic carbocycles. The quantitative estimate of drug-likeness (QED) is 0.360. The molecule has 0 heterocycles. The number of thioether (sulfide) groups is 1. The van der Waals surface area contributed by atoms with Gasteiger partial charge in [-0.25, -0.2) is 0 Å². The van der Waals surface area contributed by atoms with E-state index in [0.29, 0.717) is 12.5 Å². The minimum absolute atomic E-state index is 0.101. The van der Waals surface area contributed by atoms with Crippen LogP contribution in [0.3, 0.4) is 0 Å². The van der Waals surface area contributed by atoms with Gasteiger partial charge in [-0.1, -0.05) is 31.7 Å². The zero-order valence-corrected chi connectivity index (χ0v) is 14.1. The maximum atomic E-state index is 12.7. The Hall–Kier alpha value is -1.15. The molecule has 1 nitrogen and oxygen atoms in total. The van der Waals surface area contributed by atoms with E-state index in [9.17, 15) is 26.3 Å². The van der Waals surface area contributed by atoms with Crippen LogP contribution in [0.25, 0.3) is 0 Å². The molecular formula is C16H19F6NS. The Balaban J connectivity index is 2.73. The van der Waals surface area contributed by atoms with Crippen molar-refractivity contribution in [3.05, 3.63) is 40.8 Å². The van der Waals surface area contributed by atoms with Gasteiger partial charge in [-0.3, -0.25) is 0 Å². The summed E-state index contributed by atoms with van der Waals surface area (Å²) in [5.41, 5.74) is -2.61. The van der Waals surface area contributed by atoms with Crippen molar-refractivity contribution in [2.75, 3.05) is 13.1 Å². The van der Waals surface area contributed by atoms with E-state index in [1.54, 1.807) is 6.08 Å². The fourth-order valence-electron chi connectivity index (χ4n) is 1.75. The van der Waals surface area contributed by atoms with Crippen molar-refractivity contribution in [2.45, 2.75) is 37.5 Å². The lowest BCUT2D eigenvalue weighted by atomic mass is 10.1. The fourth-order valence-corrected chi connectivity index (χ4v) is 2.48. The van der Waals surface area contributed by atoms with Crippen LogP contribution in [0.2, 0.25) is 0 Å². The lowest BCUT2D eigenvalue weighted by Crippen LogP contribution is -2.16. The predicted octanol–water partition coefficient (Wildman–Crippen LogP) is 5.97. The summed E-state index contributed by atoms with van der Waals surface area (Å²) in [6.07, 6.45) is -6.99. The van der Waals surface area contributed by atoms with Crippen molar-refractivity contribution in [3.8, 4) is 0 Å². The van der Waals surface area contributed by atoms with E-state index in [2.05, 4.69) is 19.2 Å². The van der Waals surface area contributed by atoms with E-state index in [0.717, 1.165) is 36.9 Å². The van der Waals surface area contributed by atoms with Crippen molar-refractivity contribution < 1.29 is 26.3 Å². The molecule has 0 radical (unpaired) electrons. The number of rotatable bonds is 7. The highest BCUT2D eigenvalue weighted by Crippen LogP contribution is 2.38. The number of nitrogens with one attached hydrogen (secondary N) is 1. The van der Waals surface area contributed by atoms with Crippen molar-refractivity contribution >= 4 is 11.8 Å². The molecule has 0 aliphatic rings. The Morgan fingerprint density at radius 1 is 1.00 bits per heavy atom. The third-order valence-electron chi connectivity index (χ3n) is 3.02. The highest BCUT2D eigenvalue weighted by molar-refractivity contribution is 8.02. The van der Waals surface area contributed by atoms with Gasteiger partial charge >= 0.3 is 12.4 Å². The van der Waals surface area contributed by atoms with Gasteiger partial charge < -0.3 is 5.32 Å². The van der Waals surface area contributed by atoms with Crippen molar-refractivity contribution in [2.24, 2.45) is 5.92 Å². The number of alkyl halides is 6. The van der Waals surface area contributed by atoms with Crippen LogP contribution >= 0.6 is 11.8 Å². The van der Waals surface area contributed by atoms with Gasteiger partial charge in [0.25, 0.3) is 0 Å². The molecule has 1 aromatic rings. The average Bonchev–Trinajstić information content (AvgIpc) is 2.43. The molecule has 0 aliphatic heterocycles. The molecule has 1 N–H and O–H groups in total. The Morgan fingerprint density at radius 2 is 1.54 bits per heavy atom. The highest BCUT2D eigenvalue weighted by Gasteiger charge is 2.36. The second-order valence-electron chi connectivity index (χ2n) is 5.62. The monoisotopic (exact) mass is 371 g/mol. The summed E-state index contributed by atoms with van der Waals surface area (Å²) in [7, 11) is 0. The fraction of sp³-hybridized carbons (Fsp3) is 0.500. The molecule has 24 heavy (non-hydrogen) atoms. The van der Waals surface area contributed by atoms with Gasteiger partial charge in [0.15, 0.2) is 0 Å². The molecule has 0 spiro atoms.